The van der Waals surface area contributed by atoms with Crippen molar-refractivity contribution in [3.63, 3.8) is 0 Å². The Bertz CT molecular complexity index is 602. The summed E-state index contributed by atoms with van der Waals surface area (Å²) < 4.78 is 2.18. The molecule has 0 saturated carbocycles. The molecule has 118 valence electrons. The molecule has 1 aromatic heterocycles. The number of likely N-dealkylation sites (tertiary alicyclic amines) is 1. The minimum absolute atomic E-state index is 0.412. The molecule has 3 rings (SSSR count). The van der Waals surface area contributed by atoms with Crippen LogP contribution in [0.2, 0.25) is 5.02 Å². The minimum Gasteiger partial charge on any atom is -0.387 e. The number of nitrogens with zero attached hydrogens (tertiary/aromatic N) is 3. The summed E-state index contributed by atoms with van der Waals surface area (Å²) >= 11 is 6.18. The molecule has 2 heterocycles. The molecule has 4 nitrogen and oxygen atoms in total. The third-order valence-corrected chi connectivity index (χ3v) is 4.95. The molecule has 0 unspecified atom stereocenters. The fourth-order valence-corrected chi connectivity index (χ4v) is 3.48. The van der Waals surface area contributed by atoms with Gasteiger partial charge in [0.25, 0.3) is 0 Å². The largest absolute Gasteiger partial charge is 0.387 e. The number of aliphatic hydroxyl groups is 1. The Labute approximate surface area is 136 Å². The van der Waals surface area contributed by atoms with E-state index in [1.165, 1.54) is 0 Å². The lowest BCUT2D eigenvalue weighted by Crippen LogP contribution is -2.42. The highest BCUT2D eigenvalue weighted by atomic mass is 35.5. The first kappa shape index (κ1) is 15.5. The number of aromatic nitrogens is 2. The number of aliphatic hydroxyl groups excluding tert-OH is 1. The molecule has 2 aromatic rings. The highest BCUT2D eigenvalue weighted by molar-refractivity contribution is 6.31. The van der Waals surface area contributed by atoms with Crippen molar-refractivity contribution in [1.29, 1.82) is 0 Å². The molecule has 0 amide bonds. The van der Waals surface area contributed by atoms with Crippen molar-refractivity contribution in [2.75, 3.05) is 19.6 Å². The lowest BCUT2D eigenvalue weighted by molar-refractivity contribution is 0.0686. The Morgan fingerprint density at radius 3 is 2.95 bits per heavy atom. The molecule has 0 spiro atoms. The number of hydrogen-bond donors (Lipinski definition) is 1. The molecule has 1 N–H and O–H groups in total. The SMILES string of the molecule is C[C@H]1CCN(C[C@H](O)c2ccccc2Cl)C[C@@H]1n1ccnc1. The van der Waals surface area contributed by atoms with E-state index in [0.717, 1.165) is 25.1 Å². The van der Waals surface area contributed by atoms with Crippen LogP contribution in [0.1, 0.15) is 31.1 Å². The molecule has 1 aliphatic rings. The van der Waals surface area contributed by atoms with E-state index in [-0.39, 0.29) is 0 Å². The topological polar surface area (TPSA) is 41.3 Å². The number of imidazole rings is 1. The standard InChI is InChI=1S/C17H22ClN3O/c1-13-6-8-20(10-16(13)21-9-7-19-12-21)11-17(22)14-4-2-3-5-15(14)18/h2-5,7,9,12-13,16-17,22H,6,8,10-11H2,1H3/t13-,16-,17-/m0/s1. The Hall–Kier alpha value is -1.36. The maximum atomic E-state index is 10.5. The van der Waals surface area contributed by atoms with E-state index in [1.807, 2.05) is 43.0 Å². The second-order valence-corrected chi connectivity index (χ2v) is 6.55. The zero-order chi connectivity index (χ0) is 15.5. The molecular formula is C17H22ClN3O. The van der Waals surface area contributed by atoms with E-state index < -0.39 is 6.10 Å². The first-order valence-electron chi connectivity index (χ1n) is 7.77. The smallest absolute Gasteiger partial charge is 0.0949 e. The predicted octanol–water partition coefficient (Wildman–Crippen LogP) is 3.15. The molecule has 5 heteroatoms. The number of piperidine rings is 1. The van der Waals surface area contributed by atoms with Gasteiger partial charge in [-0.25, -0.2) is 4.98 Å². The van der Waals surface area contributed by atoms with Crippen LogP contribution in [0.5, 0.6) is 0 Å². The zero-order valence-corrected chi connectivity index (χ0v) is 13.5. The van der Waals surface area contributed by atoms with Gasteiger partial charge < -0.3 is 9.67 Å². The highest BCUT2D eigenvalue weighted by Gasteiger charge is 2.28. The van der Waals surface area contributed by atoms with Gasteiger partial charge in [0.1, 0.15) is 0 Å². The van der Waals surface area contributed by atoms with Crippen molar-refractivity contribution in [3.05, 3.63) is 53.6 Å². The Kier molecular flexibility index (Phi) is 4.81. The lowest BCUT2D eigenvalue weighted by atomic mass is 9.93. The molecular weight excluding hydrogens is 298 g/mol. The van der Waals surface area contributed by atoms with Gasteiger partial charge in [-0.3, -0.25) is 4.90 Å². The zero-order valence-electron chi connectivity index (χ0n) is 12.8. The Morgan fingerprint density at radius 1 is 1.41 bits per heavy atom. The Balaban J connectivity index is 1.67. The van der Waals surface area contributed by atoms with E-state index >= 15 is 0 Å². The number of β-amino-alcohol motifs (C(OH)–C–C–N with tert-alkyl or cyclic N) is 1. The fraction of sp³-hybridized carbons (Fsp3) is 0.471. The van der Waals surface area contributed by atoms with Crippen LogP contribution in [-0.4, -0.2) is 39.2 Å². The van der Waals surface area contributed by atoms with Crippen molar-refractivity contribution in [2.45, 2.75) is 25.5 Å². The van der Waals surface area contributed by atoms with Gasteiger partial charge in [0.15, 0.2) is 0 Å². The third-order valence-electron chi connectivity index (χ3n) is 4.61. The van der Waals surface area contributed by atoms with Gasteiger partial charge in [-0.2, -0.15) is 0 Å². The average Bonchev–Trinajstić information content (AvgIpc) is 3.03. The van der Waals surface area contributed by atoms with Gasteiger partial charge in [0.2, 0.25) is 0 Å². The quantitative estimate of drug-likeness (QED) is 0.941. The highest BCUT2D eigenvalue weighted by Crippen LogP contribution is 2.29. The van der Waals surface area contributed by atoms with Gasteiger partial charge in [-0.05, 0) is 24.9 Å². The van der Waals surface area contributed by atoms with Crippen LogP contribution in [0.25, 0.3) is 0 Å². The van der Waals surface area contributed by atoms with E-state index in [4.69, 9.17) is 11.6 Å². The summed E-state index contributed by atoms with van der Waals surface area (Å²) in [5.74, 6) is 0.614. The predicted molar refractivity (Wildman–Crippen MR) is 87.9 cm³/mol. The molecule has 1 fully saturated rings. The molecule has 1 saturated heterocycles. The fourth-order valence-electron chi connectivity index (χ4n) is 3.22. The molecule has 3 atom stereocenters. The van der Waals surface area contributed by atoms with E-state index in [0.29, 0.717) is 23.5 Å². The molecule has 1 aliphatic heterocycles. The van der Waals surface area contributed by atoms with Crippen molar-refractivity contribution in [2.24, 2.45) is 5.92 Å². The van der Waals surface area contributed by atoms with Crippen LogP contribution >= 0.6 is 11.6 Å². The molecule has 1 aromatic carbocycles. The summed E-state index contributed by atoms with van der Waals surface area (Å²) in [5, 5.41) is 11.1. The van der Waals surface area contributed by atoms with Crippen molar-refractivity contribution >= 4 is 11.6 Å². The van der Waals surface area contributed by atoms with E-state index in [2.05, 4.69) is 21.4 Å². The van der Waals surface area contributed by atoms with Crippen LogP contribution in [0, 0.1) is 5.92 Å². The van der Waals surface area contributed by atoms with Gasteiger partial charge in [0, 0.05) is 42.1 Å². The normalized spacial score (nSPS) is 24.3. The number of benzene rings is 1. The van der Waals surface area contributed by atoms with Crippen LogP contribution in [0.3, 0.4) is 0 Å². The summed E-state index contributed by atoms with van der Waals surface area (Å²) in [5.41, 5.74) is 0.807. The molecule has 0 aliphatic carbocycles. The number of hydrogen-bond acceptors (Lipinski definition) is 3. The second kappa shape index (κ2) is 6.82. The summed E-state index contributed by atoms with van der Waals surface area (Å²) in [6.45, 7) is 4.83. The number of rotatable bonds is 4. The van der Waals surface area contributed by atoms with Crippen LogP contribution in [0.4, 0.5) is 0 Å². The molecule has 0 bridgehead atoms. The monoisotopic (exact) mass is 319 g/mol. The van der Waals surface area contributed by atoms with Gasteiger partial charge in [-0.1, -0.05) is 36.7 Å². The van der Waals surface area contributed by atoms with Gasteiger partial charge in [-0.15, -0.1) is 0 Å². The van der Waals surface area contributed by atoms with Crippen molar-refractivity contribution < 1.29 is 5.11 Å². The number of halogens is 1. The summed E-state index contributed by atoms with van der Waals surface area (Å²) in [4.78, 5) is 6.47. The van der Waals surface area contributed by atoms with Crippen LogP contribution < -0.4 is 0 Å². The van der Waals surface area contributed by atoms with Gasteiger partial charge >= 0.3 is 0 Å². The maximum Gasteiger partial charge on any atom is 0.0949 e. The minimum atomic E-state index is -0.550. The maximum absolute atomic E-state index is 10.5. The summed E-state index contributed by atoms with van der Waals surface area (Å²) in [6.07, 6.45) is 6.30. The van der Waals surface area contributed by atoms with Gasteiger partial charge in [0.05, 0.1) is 12.4 Å². The van der Waals surface area contributed by atoms with Crippen LogP contribution in [0.15, 0.2) is 43.0 Å². The van der Waals surface area contributed by atoms with Crippen LogP contribution in [-0.2, 0) is 0 Å². The third kappa shape index (κ3) is 3.35. The molecule has 0 radical (unpaired) electrons. The first-order chi connectivity index (χ1) is 10.6. The van der Waals surface area contributed by atoms with E-state index in [9.17, 15) is 5.11 Å². The Morgan fingerprint density at radius 2 is 2.23 bits per heavy atom. The van der Waals surface area contributed by atoms with E-state index in [1.54, 1.807) is 0 Å². The first-order valence-corrected chi connectivity index (χ1v) is 8.15. The summed E-state index contributed by atoms with van der Waals surface area (Å²) in [6, 6.07) is 7.93. The average molecular weight is 320 g/mol. The van der Waals surface area contributed by atoms with Crippen molar-refractivity contribution in [1.82, 2.24) is 14.5 Å². The van der Waals surface area contributed by atoms with Crippen molar-refractivity contribution in [3.8, 4) is 0 Å². The summed E-state index contributed by atoms with van der Waals surface area (Å²) in [7, 11) is 0. The lowest BCUT2D eigenvalue weighted by Gasteiger charge is -2.38. The molecule has 22 heavy (non-hydrogen) atoms. The second-order valence-electron chi connectivity index (χ2n) is 6.14.